The van der Waals surface area contributed by atoms with Crippen LogP contribution in [0, 0.1) is 25.2 Å². The molecule has 2 aromatic heterocycles. The second kappa shape index (κ2) is 8.95. The monoisotopic (exact) mass is 445 g/mol. The van der Waals surface area contributed by atoms with E-state index in [1.54, 1.807) is 12.1 Å². The average molecular weight is 446 g/mol. The van der Waals surface area contributed by atoms with Crippen molar-refractivity contribution in [1.29, 1.82) is 5.26 Å². The fourth-order valence-corrected chi connectivity index (χ4v) is 3.97. The van der Waals surface area contributed by atoms with Gasteiger partial charge in [-0.15, -0.1) is 5.10 Å². The molecule has 0 unspecified atom stereocenters. The highest BCUT2D eigenvalue weighted by molar-refractivity contribution is 7.99. The van der Waals surface area contributed by atoms with E-state index < -0.39 is 0 Å². The molecule has 9 nitrogen and oxygen atoms in total. The molecule has 0 atom stereocenters. The van der Waals surface area contributed by atoms with Crippen molar-refractivity contribution >= 4 is 23.5 Å². The Hall–Kier alpha value is -4.10. The number of nitriles is 1. The van der Waals surface area contributed by atoms with E-state index in [1.807, 2.05) is 48.7 Å². The summed E-state index contributed by atoms with van der Waals surface area (Å²) < 4.78 is 3.36. The van der Waals surface area contributed by atoms with Crippen LogP contribution in [-0.2, 0) is 4.79 Å². The van der Waals surface area contributed by atoms with Gasteiger partial charge >= 0.3 is 0 Å². The first-order chi connectivity index (χ1) is 15.5. The Labute approximate surface area is 188 Å². The lowest BCUT2D eigenvalue weighted by atomic mass is 10.2. The fourth-order valence-electron chi connectivity index (χ4n) is 3.28. The molecule has 0 fully saturated rings. The number of nitrogens with zero attached hydrogens (tertiary/aromatic N) is 6. The molecule has 0 bridgehead atoms. The van der Waals surface area contributed by atoms with Gasteiger partial charge in [-0.25, -0.2) is 0 Å². The van der Waals surface area contributed by atoms with Gasteiger partial charge in [0.25, 0.3) is 0 Å². The molecule has 0 aliphatic carbocycles. The highest BCUT2D eigenvalue weighted by atomic mass is 32.2. The van der Waals surface area contributed by atoms with Gasteiger partial charge in [0, 0.05) is 11.4 Å². The SMILES string of the molecule is Cc1c(C#N)c(NC(=O)CSc2nnnn2-c2ccc(O)cc2)n(-c2ccccc2)c1C. The molecule has 0 aliphatic rings. The normalized spacial score (nSPS) is 10.7. The average Bonchev–Trinajstić information content (AvgIpc) is 3.36. The number of thioether (sulfide) groups is 1. The number of aromatic hydroxyl groups is 1. The lowest BCUT2D eigenvalue weighted by molar-refractivity contribution is -0.113. The van der Waals surface area contributed by atoms with Gasteiger partial charge in [-0.2, -0.15) is 9.94 Å². The summed E-state index contributed by atoms with van der Waals surface area (Å²) in [7, 11) is 0. The number of rotatable bonds is 6. The molecule has 4 aromatic rings. The molecular formula is C22H19N7O2S. The van der Waals surface area contributed by atoms with E-state index in [0.717, 1.165) is 16.9 Å². The van der Waals surface area contributed by atoms with Gasteiger partial charge in [0.1, 0.15) is 17.6 Å². The number of nitrogens with one attached hydrogen (secondary N) is 1. The summed E-state index contributed by atoms with van der Waals surface area (Å²) in [4.78, 5) is 12.8. The summed E-state index contributed by atoms with van der Waals surface area (Å²) in [6.07, 6.45) is 0. The topological polar surface area (TPSA) is 122 Å². The van der Waals surface area contributed by atoms with E-state index in [0.29, 0.717) is 22.2 Å². The van der Waals surface area contributed by atoms with E-state index in [-0.39, 0.29) is 17.4 Å². The number of anilines is 1. The van der Waals surface area contributed by atoms with Crippen LogP contribution in [-0.4, -0.2) is 41.5 Å². The van der Waals surface area contributed by atoms with Gasteiger partial charge in [0.15, 0.2) is 0 Å². The summed E-state index contributed by atoms with van der Waals surface area (Å²) in [6.45, 7) is 3.78. The van der Waals surface area contributed by atoms with E-state index in [2.05, 4.69) is 26.9 Å². The standard InChI is InChI=1S/C22H19N7O2S/c1-14-15(2)28(16-6-4-3-5-7-16)21(19(14)12-23)24-20(31)13-32-22-25-26-27-29(22)17-8-10-18(30)11-9-17/h3-11,30H,13H2,1-2H3,(H,24,31). The highest BCUT2D eigenvalue weighted by Gasteiger charge is 2.21. The first-order valence-electron chi connectivity index (χ1n) is 9.67. The molecule has 10 heteroatoms. The van der Waals surface area contributed by atoms with E-state index in [9.17, 15) is 15.2 Å². The van der Waals surface area contributed by atoms with Crippen LogP contribution in [0.15, 0.2) is 59.8 Å². The van der Waals surface area contributed by atoms with Crippen LogP contribution in [0.25, 0.3) is 11.4 Å². The van der Waals surface area contributed by atoms with Crippen molar-refractivity contribution in [3.63, 3.8) is 0 Å². The smallest absolute Gasteiger partial charge is 0.236 e. The number of carbonyl (C=O) groups is 1. The number of carbonyl (C=O) groups excluding carboxylic acids is 1. The van der Waals surface area contributed by atoms with Crippen LogP contribution in [0.4, 0.5) is 5.82 Å². The summed E-state index contributed by atoms with van der Waals surface area (Å²) >= 11 is 1.17. The van der Waals surface area contributed by atoms with Crippen LogP contribution in [0.1, 0.15) is 16.8 Å². The number of amides is 1. The second-order valence-corrected chi connectivity index (χ2v) is 7.89. The first kappa shape index (κ1) is 21.1. The Morgan fingerprint density at radius 3 is 2.53 bits per heavy atom. The molecule has 2 aromatic carbocycles. The summed E-state index contributed by atoms with van der Waals surface area (Å²) in [6, 6.07) is 18.2. The molecule has 2 N–H and O–H groups in total. The van der Waals surface area contributed by atoms with Crippen LogP contribution < -0.4 is 5.32 Å². The van der Waals surface area contributed by atoms with Crippen LogP contribution >= 0.6 is 11.8 Å². The zero-order valence-electron chi connectivity index (χ0n) is 17.4. The van der Waals surface area contributed by atoms with Crippen molar-refractivity contribution in [2.45, 2.75) is 19.0 Å². The maximum atomic E-state index is 12.8. The molecule has 160 valence electrons. The van der Waals surface area contributed by atoms with Crippen LogP contribution in [0.5, 0.6) is 5.75 Å². The van der Waals surface area contributed by atoms with Gasteiger partial charge in [-0.05, 0) is 66.2 Å². The lowest BCUT2D eigenvalue weighted by Crippen LogP contribution is -2.18. The number of para-hydroxylation sites is 1. The number of hydrogen-bond acceptors (Lipinski definition) is 7. The van der Waals surface area contributed by atoms with E-state index >= 15 is 0 Å². The third-order valence-electron chi connectivity index (χ3n) is 4.97. The fraction of sp³-hybridized carbons (Fsp3) is 0.136. The van der Waals surface area contributed by atoms with Gasteiger partial charge in [0.2, 0.25) is 11.1 Å². The van der Waals surface area contributed by atoms with Crippen molar-refractivity contribution in [2.75, 3.05) is 11.1 Å². The zero-order valence-corrected chi connectivity index (χ0v) is 18.2. The predicted octanol–water partition coefficient (Wildman–Crippen LogP) is 3.38. The molecule has 4 rings (SSSR count). The van der Waals surface area contributed by atoms with Crippen LogP contribution in [0.2, 0.25) is 0 Å². The Bertz CT molecular complexity index is 1300. The predicted molar refractivity (Wildman–Crippen MR) is 120 cm³/mol. The van der Waals surface area contributed by atoms with Gasteiger partial charge in [0.05, 0.1) is 17.0 Å². The van der Waals surface area contributed by atoms with E-state index in [4.69, 9.17) is 0 Å². The van der Waals surface area contributed by atoms with Crippen molar-refractivity contribution in [3.05, 3.63) is 71.4 Å². The minimum Gasteiger partial charge on any atom is -0.508 e. The van der Waals surface area contributed by atoms with Gasteiger partial charge in [-0.3, -0.25) is 9.36 Å². The third kappa shape index (κ3) is 4.06. The van der Waals surface area contributed by atoms with Crippen molar-refractivity contribution in [1.82, 2.24) is 24.8 Å². The Kier molecular flexibility index (Phi) is 5.91. The Morgan fingerprint density at radius 1 is 1.12 bits per heavy atom. The molecule has 0 saturated carbocycles. The van der Waals surface area contributed by atoms with Crippen molar-refractivity contribution in [2.24, 2.45) is 0 Å². The molecular weight excluding hydrogens is 426 g/mol. The highest BCUT2D eigenvalue weighted by Crippen LogP contribution is 2.30. The number of aromatic nitrogens is 5. The number of phenolic OH excluding ortho intramolecular Hbond substituents is 1. The number of benzene rings is 2. The molecule has 0 saturated heterocycles. The molecule has 1 amide bonds. The maximum Gasteiger partial charge on any atom is 0.236 e. The van der Waals surface area contributed by atoms with Crippen molar-refractivity contribution < 1.29 is 9.90 Å². The van der Waals surface area contributed by atoms with Crippen LogP contribution in [0.3, 0.4) is 0 Å². The molecule has 32 heavy (non-hydrogen) atoms. The Morgan fingerprint density at radius 2 is 1.84 bits per heavy atom. The quantitative estimate of drug-likeness (QED) is 0.436. The lowest BCUT2D eigenvalue weighted by Gasteiger charge is -2.13. The number of tetrazole rings is 1. The number of phenols is 1. The maximum absolute atomic E-state index is 12.8. The summed E-state index contributed by atoms with van der Waals surface area (Å²) in [5.74, 6) is 0.330. The first-order valence-corrected chi connectivity index (χ1v) is 10.7. The third-order valence-corrected chi connectivity index (χ3v) is 5.88. The van der Waals surface area contributed by atoms with E-state index in [1.165, 1.54) is 28.6 Å². The summed E-state index contributed by atoms with van der Waals surface area (Å²) in [5, 5.41) is 34.1. The molecule has 2 heterocycles. The zero-order chi connectivity index (χ0) is 22.7. The van der Waals surface area contributed by atoms with Crippen molar-refractivity contribution in [3.8, 4) is 23.2 Å². The minimum atomic E-state index is -0.290. The molecule has 0 radical (unpaired) electrons. The van der Waals surface area contributed by atoms with Gasteiger partial charge < -0.3 is 10.4 Å². The second-order valence-electron chi connectivity index (χ2n) is 6.94. The summed E-state index contributed by atoms with van der Waals surface area (Å²) in [5.41, 5.74) is 3.64. The minimum absolute atomic E-state index is 0.0430. The van der Waals surface area contributed by atoms with Gasteiger partial charge in [-0.1, -0.05) is 30.0 Å². The number of hydrogen-bond donors (Lipinski definition) is 2. The molecule has 0 spiro atoms. The largest absolute Gasteiger partial charge is 0.508 e. The Balaban J connectivity index is 1.55. The molecule has 0 aliphatic heterocycles.